The summed E-state index contributed by atoms with van der Waals surface area (Å²) in [5, 5.41) is 13.9. The van der Waals surface area contributed by atoms with Gasteiger partial charge in [0.1, 0.15) is 5.82 Å². The molecule has 2 amide bonds. The number of urea groups is 1. The van der Waals surface area contributed by atoms with Gasteiger partial charge in [0.2, 0.25) is 0 Å². The van der Waals surface area contributed by atoms with Crippen LogP contribution in [0.4, 0.5) is 14.9 Å². The zero-order valence-electron chi connectivity index (χ0n) is 11.1. The van der Waals surface area contributed by atoms with Gasteiger partial charge in [0.05, 0.1) is 5.41 Å². The fraction of sp³-hybridized carbons (Fsp3) is 0.385. The van der Waals surface area contributed by atoms with Crippen LogP contribution < -0.4 is 10.6 Å². The molecule has 0 aliphatic carbocycles. The van der Waals surface area contributed by atoms with Crippen LogP contribution in [-0.2, 0) is 4.79 Å². The normalized spacial score (nSPS) is 10.9. The molecule has 0 saturated carbocycles. The minimum atomic E-state index is -1.05. The Labute approximate surface area is 110 Å². The van der Waals surface area contributed by atoms with Crippen molar-refractivity contribution in [3.8, 4) is 0 Å². The molecule has 0 heterocycles. The summed E-state index contributed by atoms with van der Waals surface area (Å²) in [6.45, 7) is 4.69. The highest BCUT2D eigenvalue weighted by Crippen LogP contribution is 2.16. The topological polar surface area (TPSA) is 78.4 Å². The lowest BCUT2D eigenvalue weighted by Gasteiger charge is -2.19. The second-order valence-electron chi connectivity index (χ2n) is 4.96. The van der Waals surface area contributed by atoms with Crippen molar-refractivity contribution >= 4 is 17.7 Å². The number of hydrogen-bond donors (Lipinski definition) is 3. The number of carbonyl (C=O) groups excluding carboxylic acids is 1. The number of aliphatic carboxylic acids is 1. The van der Waals surface area contributed by atoms with E-state index in [-0.39, 0.29) is 12.4 Å². The van der Waals surface area contributed by atoms with Crippen molar-refractivity contribution in [2.45, 2.75) is 20.8 Å². The van der Waals surface area contributed by atoms with Crippen molar-refractivity contribution in [1.29, 1.82) is 0 Å². The van der Waals surface area contributed by atoms with E-state index in [9.17, 15) is 14.0 Å². The Balaban J connectivity index is 2.59. The minimum absolute atomic E-state index is 0.00555. The van der Waals surface area contributed by atoms with E-state index in [0.29, 0.717) is 11.3 Å². The van der Waals surface area contributed by atoms with Crippen LogP contribution >= 0.6 is 0 Å². The molecule has 0 atom stereocenters. The van der Waals surface area contributed by atoms with Crippen LogP contribution in [0.2, 0.25) is 0 Å². The van der Waals surface area contributed by atoms with Gasteiger partial charge in [0, 0.05) is 12.2 Å². The summed E-state index contributed by atoms with van der Waals surface area (Å²) in [7, 11) is 0. The SMILES string of the molecule is Cc1cc(F)ccc1NC(=O)NCC(C)(C)C(=O)O. The second-order valence-corrected chi connectivity index (χ2v) is 4.96. The summed E-state index contributed by atoms with van der Waals surface area (Å²) in [6, 6.07) is 3.47. The molecule has 0 fully saturated rings. The highest BCUT2D eigenvalue weighted by molar-refractivity contribution is 5.90. The first-order valence-corrected chi connectivity index (χ1v) is 5.77. The first-order valence-electron chi connectivity index (χ1n) is 5.77. The Morgan fingerprint density at radius 2 is 2.00 bits per heavy atom. The molecular formula is C13H17FN2O3. The molecule has 19 heavy (non-hydrogen) atoms. The molecule has 0 aromatic heterocycles. The molecule has 5 nitrogen and oxygen atoms in total. The van der Waals surface area contributed by atoms with Gasteiger partial charge in [-0.2, -0.15) is 0 Å². The van der Waals surface area contributed by atoms with Crippen molar-refractivity contribution in [2.75, 3.05) is 11.9 Å². The standard InChI is InChI=1S/C13H17FN2O3/c1-8-6-9(14)4-5-10(8)16-12(19)15-7-13(2,3)11(17)18/h4-6H,7H2,1-3H3,(H,17,18)(H2,15,16,19). The number of hydrogen-bond acceptors (Lipinski definition) is 2. The van der Waals surface area contributed by atoms with E-state index in [1.165, 1.54) is 32.0 Å². The largest absolute Gasteiger partial charge is 0.481 e. The van der Waals surface area contributed by atoms with Gasteiger partial charge in [-0.1, -0.05) is 0 Å². The predicted molar refractivity (Wildman–Crippen MR) is 69.6 cm³/mol. The maximum absolute atomic E-state index is 12.9. The fourth-order valence-electron chi connectivity index (χ4n) is 1.31. The Morgan fingerprint density at radius 1 is 1.37 bits per heavy atom. The van der Waals surface area contributed by atoms with Crippen molar-refractivity contribution in [1.82, 2.24) is 5.32 Å². The molecule has 104 valence electrons. The predicted octanol–water partition coefficient (Wildman–Crippen LogP) is 2.37. The minimum Gasteiger partial charge on any atom is -0.481 e. The summed E-state index contributed by atoms with van der Waals surface area (Å²) in [5.74, 6) is -1.37. The third kappa shape index (κ3) is 4.24. The number of carboxylic acids is 1. The lowest BCUT2D eigenvalue weighted by Crippen LogP contribution is -2.40. The number of anilines is 1. The monoisotopic (exact) mass is 268 g/mol. The molecule has 0 radical (unpaired) electrons. The molecule has 1 aromatic rings. The second kappa shape index (κ2) is 5.69. The molecule has 0 bridgehead atoms. The van der Waals surface area contributed by atoms with Gasteiger partial charge in [-0.25, -0.2) is 9.18 Å². The molecule has 1 aromatic carbocycles. The first kappa shape index (κ1) is 14.9. The molecular weight excluding hydrogens is 251 g/mol. The highest BCUT2D eigenvalue weighted by atomic mass is 19.1. The van der Waals surface area contributed by atoms with Gasteiger partial charge in [-0.15, -0.1) is 0 Å². The van der Waals surface area contributed by atoms with E-state index in [2.05, 4.69) is 10.6 Å². The van der Waals surface area contributed by atoms with Gasteiger partial charge >= 0.3 is 12.0 Å². The van der Waals surface area contributed by atoms with Crippen molar-refractivity contribution < 1.29 is 19.1 Å². The Hall–Kier alpha value is -2.11. The van der Waals surface area contributed by atoms with Crippen LogP contribution in [0.1, 0.15) is 19.4 Å². The Kier molecular flexibility index (Phi) is 4.47. The van der Waals surface area contributed by atoms with Gasteiger partial charge in [-0.05, 0) is 44.5 Å². The smallest absolute Gasteiger partial charge is 0.319 e. The summed E-state index contributed by atoms with van der Waals surface area (Å²) in [6.07, 6.45) is 0. The molecule has 6 heteroatoms. The van der Waals surface area contributed by atoms with Crippen molar-refractivity contribution in [2.24, 2.45) is 5.41 Å². The van der Waals surface area contributed by atoms with Gasteiger partial charge < -0.3 is 15.7 Å². The van der Waals surface area contributed by atoms with E-state index in [4.69, 9.17) is 5.11 Å². The number of benzene rings is 1. The maximum Gasteiger partial charge on any atom is 0.319 e. The lowest BCUT2D eigenvalue weighted by atomic mass is 9.94. The molecule has 0 unspecified atom stereocenters. The van der Waals surface area contributed by atoms with Crippen LogP contribution in [0, 0.1) is 18.2 Å². The Bertz CT molecular complexity index is 501. The lowest BCUT2D eigenvalue weighted by molar-refractivity contribution is -0.146. The fourth-order valence-corrected chi connectivity index (χ4v) is 1.31. The van der Waals surface area contributed by atoms with Gasteiger partial charge in [0.25, 0.3) is 0 Å². The van der Waals surface area contributed by atoms with Crippen molar-refractivity contribution in [3.05, 3.63) is 29.6 Å². The average molecular weight is 268 g/mol. The number of carbonyl (C=O) groups is 2. The number of carboxylic acid groups (broad SMARTS) is 1. The van der Waals surface area contributed by atoms with Crippen molar-refractivity contribution in [3.63, 3.8) is 0 Å². The zero-order valence-corrected chi connectivity index (χ0v) is 11.1. The third-order valence-corrected chi connectivity index (χ3v) is 2.71. The molecule has 3 N–H and O–H groups in total. The third-order valence-electron chi connectivity index (χ3n) is 2.71. The molecule has 0 aliphatic rings. The zero-order chi connectivity index (χ0) is 14.6. The quantitative estimate of drug-likeness (QED) is 0.784. The summed E-state index contributed by atoms with van der Waals surface area (Å²) in [5.41, 5.74) is 0.0227. The van der Waals surface area contributed by atoms with E-state index < -0.39 is 17.4 Å². The van der Waals surface area contributed by atoms with Crippen LogP contribution in [0.25, 0.3) is 0 Å². The molecule has 0 saturated heterocycles. The van der Waals surface area contributed by atoms with E-state index in [1.807, 2.05) is 0 Å². The summed E-state index contributed by atoms with van der Waals surface area (Å²) < 4.78 is 12.9. The number of nitrogens with one attached hydrogen (secondary N) is 2. The van der Waals surface area contributed by atoms with Gasteiger partial charge in [-0.3, -0.25) is 4.79 Å². The van der Waals surface area contributed by atoms with E-state index >= 15 is 0 Å². The number of aryl methyl sites for hydroxylation is 1. The summed E-state index contributed by atoms with van der Waals surface area (Å²) >= 11 is 0. The molecule has 1 rings (SSSR count). The number of halogens is 1. The van der Waals surface area contributed by atoms with Crippen LogP contribution in [0.15, 0.2) is 18.2 Å². The van der Waals surface area contributed by atoms with Gasteiger partial charge in [0.15, 0.2) is 0 Å². The highest BCUT2D eigenvalue weighted by Gasteiger charge is 2.27. The first-order chi connectivity index (χ1) is 8.72. The van der Waals surface area contributed by atoms with Crippen LogP contribution in [-0.4, -0.2) is 23.7 Å². The molecule has 0 aliphatic heterocycles. The average Bonchev–Trinajstić information content (AvgIpc) is 2.30. The van der Waals surface area contributed by atoms with E-state index in [0.717, 1.165) is 0 Å². The van der Waals surface area contributed by atoms with Crippen LogP contribution in [0.5, 0.6) is 0 Å². The molecule has 0 spiro atoms. The number of rotatable bonds is 4. The Morgan fingerprint density at radius 3 is 2.53 bits per heavy atom. The van der Waals surface area contributed by atoms with Crippen LogP contribution in [0.3, 0.4) is 0 Å². The summed E-state index contributed by atoms with van der Waals surface area (Å²) in [4.78, 5) is 22.5. The van der Waals surface area contributed by atoms with E-state index in [1.54, 1.807) is 6.92 Å². The number of amides is 2. The maximum atomic E-state index is 12.9.